The van der Waals surface area contributed by atoms with Crippen LogP contribution in [0.3, 0.4) is 0 Å². The Morgan fingerprint density at radius 2 is 2.17 bits per heavy atom. The third-order valence-electron chi connectivity index (χ3n) is 1.56. The molecule has 0 spiro atoms. The molecular formula is C9H16N2S. The Kier molecular flexibility index (Phi) is 2.75. The highest BCUT2D eigenvalue weighted by Crippen LogP contribution is 2.19. The summed E-state index contributed by atoms with van der Waals surface area (Å²) in [5.41, 5.74) is 6.80. The van der Waals surface area contributed by atoms with E-state index in [2.05, 4.69) is 26.1 Å². The van der Waals surface area contributed by atoms with Crippen LogP contribution in [0.25, 0.3) is 0 Å². The lowest BCUT2D eigenvalue weighted by atomic mass is 10.1. The molecule has 0 bridgehead atoms. The lowest BCUT2D eigenvalue weighted by molar-refractivity contribution is 0.426. The Balaban J connectivity index is 2.49. The molecule has 12 heavy (non-hydrogen) atoms. The maximum absolute atomic E-state index is 5.74. The van der Waals surface area contributed by atoms with E-state index in [0.717, 1.165) is 12.2 Å². The number of anilines is 1. The topological polar surface area (TPSA) is 38.0 Å². The van der Waals surface area contributed by atoms with Gasteiger partial charge >= 0.3 is 0 Å². The van der Waals surface area contributed by atoms with Gasteiger partial charge in [-0.25, -0.2) is 0 Å². The van der Waals surface area contributed by atoms with Crippen LogP contribution in [0.1, 0.15) is 25.6 Å². The zero-order chi connectivity index (χ0) is 9.19. The number of thiophene rings is 1. The maximum Gasteiger partial charge on any atom is 0.0468 e. The molecule has 1 aromatic heterocycles. The van der Waals surface area contributed by atoms with Gasteiger partial charge in [-0.3, -0.25) is 0 Å². The molecule has 0 unspecified atom stereocenters. The number of hydrogen-bond donors (Lipinski definition) is 2. The van der Waals surface area contributed by atoms with Crippen LogP contribution in [0.15, 0.2) is 11.4 Å². The largest absolute Gasteiger partial charge is 0.398 e. The molecule has 0 radical (unpaired) electrons. The minimum atomic E-state index is 0.163. The highest BCUT2D eigenvalue weighted by molar-refractivity contribution is 7.10. The first-order valence-electron chi connectivity index (χ1n) is 4.06. The number of hydrogen-bond acceptors (Lipinski definition) is 3. The molecule has 68 valence electrons. The summed E-state index contributed by atoms with van der Waals surface area (Å²) in [5, 5.41) is 5.42. The molecule has 0 amide bonds. The monoisotopic (exact) mass is 184 g/mol. The van der Waals surface area contributed by atoms with Crippen molar-refractivity contribution in [3.05, 3.63) is 16.3 Å². The molecule has 0 aliphatic rings. The van der Waals surface area contributed by atoms with E-state index < -0.39 is 0 Å². The molecule has 0 saturated heterocycles. The van der Waals surface area contributed by atoms with Crippen molar-refractivity contribution in [1.29, 1.82) is 0 Å². The van der Waals surface area contributed by atoms with Gasteiger partial charge in [-0.05, 0) is 32.2 Å². The zero-order valence-corrected chi connectivity index (χ0v) is 8.66. The van der Waals surface area contributed by atoms with Crippen molar-refractivity contribution in [1.82, 2.24) is 5.32 Å². The van der Waals surface area contributed by atoms with Gasteiger partial charge in [0.05, 0.1) is 0 Å². The molecule has 1 heterocycles. The van der Waals surface area contributed by atoms with Gasteiger partial charge in [0.2, 0.25) is 0 Å². The second-order valence-electron chi connectivity index (χ2n) is 3.90. The fourth-order valence-electron chi connectivity index (χ4n) is 0.840. The van der Waals surface area contributed by atoms with Crippen LogP contribution in [-0.4, -0.2) is 5.54 Å². The van der Waals surface area contributed by atoms with Gasteiger partial charge in [0.15, 0.2) is 0 Å². The van der Waals surface area contributed by atoms with E-state index in [-0.39, 0.29) is 5.54 Å². The second-order valence-corrected chi connectivity index (χ2v) is 4.90. The highest BCUT2D eigenvalue weighted by Gasteiger charge is 2.09. The summed E-state index contributed by atoms with van der Waals surface area (Å²) in [5.74, 6) is 0. The Labute approximate surface area is 77.8 Å². The molecule has 0 saturated carbocycles. The van der Waals surface area contributed by atoms with Gasteiger partial charge in [-0.15, -0.1) is 11.3 Å². The van der Waals surface area contributed by atoms with E-state index >= 15 is 0 Å². The summed E-state index contributed by atoms with van der Waals surface area (Å²) in [6, 6.07) is 1.95. The van der Waals surface area contributed by atoms with Crippen LogP contribution < -0.4 is 11.1 Å². The Hall–Kier alpha value is -0.540. The van der Waals surface area contributed by atoms with E-state index in [1.165, 1.54) is 4.88 Å². The van der Waals surface area contributed by atoms with Gasteiger partial charge in [0.25, 0.3) is 0 Å². The summed E-state index contributed by atoms with van der Waals surface area (Å²) < 4.78 is 0. The molecule has 1 aromatic rings. The third kappa shape index (κ3) is 2.83. The molecule has 0 aliphatic carbocycles. The van der Waals surface area contributed by atoms with Crippen LogP contribution in [0.5, 0.6) is 0 Å². The molecule has 2 nitrogen and oxygen atoms in total. The van der Waals surface area contributed by atoms with Crippen LogP contribution >= 0.6 is 11.3 Å². The summed E-state index contributed by atoms with van der Waals surface area (Å²) in [6.45, 7) is 7.32. The summed E-state index contributed by atoms with van der Waals surface area (Å²) >= 11 is 1.70. The van der Waals surface area contributed by atoms with Gasteiger partial charge in [-0.1, -0.05) is 0 Å². The van der Waals surface area contributed by atoms with E-state index in [4.69, 9.17) is 5.73 Å². The summed E-state index contributed by atoms with van der Waals surface area (Å²) in [7, 11) is 0. The van der Waals surface area contributed by atoms with Crippen molar-refractivity contribution in [2.45, 2.75) is 32.9 Å². The first kappa shape index (κ1) is 9.55. The number of nitrogens with one attached hydrogen (secondary N) is 1. The number of rotatable bonds is 2. The lowest BCUT2D eigenvalue weighted by Crippen LogP contribution is -2.34. The molecule has 0 fully saturated rings. The highest BCUT2D eigenvalue weighted by atomic mass is 32.1. The van der Waals surface area contributed by atoms with Crippen molar-refractivity contribution < 1.29 is 0 Å². The van der Waals surface area contributed by atoms with Gasteiger partial charge in [0.1, 0.15) is 0 Å². The minimum Gasteiger partial charge on any atom is -0.398 e. The quantitative estimate of drug-likeness (QED) is 0.739. The first-order valence-corrected chi connectivity index (χ1v) is 4.94. The van der Waals surface area contributed by atoms with Gasteiger partial charge < -0.3 is 11.1 Å². The summed E-state index contributed by atoms with van der Waals surface area (Å²) in [4.78, 5) is 1.23. The molecule has 3 N–H and O–H groups in total. The van der Waals surface area contributed by atoms with Gasteiger partial charge in [0, 0.05) is 22.6 Å². The van der Waals surface area contributed by atoms with Crippen LogP contribution in [0.4, 0.5) is 5.69 Å². The van der Waals surface area contributed by atoms with Crippen molar-refractivity contribution in [2.24, 2.45) is 0 Å². The van der Waals surface area contributed by atoms with E-state index in [0.29, 0.717) is 0 Å². The average molecular weight is 184 g/mol. The molecule has 0 aliphatic heterocycles. The lowest BCUT2D eigenvalue weighted by Gasteiger charge is -2.20. The standard InChI is InChI=1S/C9H16N2S/c1-9(2,3)11-6-8-7(10)4-5-12-8/h4-5,11H,6,10H2,1-3H3. The predicted octanol–water partition coefficient (Wildman–Crippen LogP) is 2.22. The van der Waals surface area contributed by atoms with Crippen LogP contribution in [0, 0.1) is 0 Å². The van der Waals surface area contributed by atoms with Crippen LogP contribution in [-0.2, 0) is 6.54 Å². The predicted molar refractivity (Wildman–Crippen MR) is 55.3 cm³/mol. The fourth-order valence-corrected chi connectivity index (χ4v) is 1.58. The Morgan fingerprint density at radius 3 is 2.58 bits per heavy atom. The molecule has 1 rings (SSSR count). The maximum atomic E-state index is 5.74. The Morgan fingerprint density at radius 1 is 1.50 bits per heavy atom. The minimum absolute atomic E-state index is 0.163. The van der Waals surface area contributed by atoms with Crippen molar-refractivity contribution in [2.75, 3.05) is 5.73 Å². The first-order chi connectivity index (χ1) is 5.49. The molecular weight excluding hydrogens is 168 g/mol. The number of nitrogen functional groups attached to an aromatic ring is 1. The average Bonchev–Trinajstić information content (AvgIpc) is 2.29. The zero-order valence-electron chi connectivity index (χ0n) is 7.85. The summed E-state index contributed by atoms with van der Waals surface area (Å²) in [6.07, 6.45) is 0. The van der Waals surface area contributed by atoms with E-state index in [9.17, 15) is 0 Å². The normalized spacial score (nSPS) is 11.9. The second kappa shape index (κ2) is 3.46. The molecule has 3 heteroatoms. The van der Waals surface area contributed by atoms with Crippen molar-refractivity contribution in [3.63, 3.8) is 0 Å². The van der Waals surface area contributed by atoms with Crippen molar-refractivity contribution >= 4 is 17.0 Å². The van der Waals surface area contributed by atoms with Crippen molar-refractivity contribution in [3.8, 4) is 0 Å². The Bertz CT molecular complexity index is 247. The third-order valence-corrected chi connectivity index (χ3v) is 2.50. The van der Waals surface area contributed by atoms with Gasteiger partial charge in [-0.2, -0.15) is 0 Å². The van der Waals surface area contributed by atoms with Crippen LogP contribution in [0.2, 0.25) is 0 Å². The SMILES string of the molecule is CC(C)(C)NCc1sccc1N. The number of nitrogens with two attached hydrogens (primary N) is 1. The fraction of sp³-hybridized carbons (Fsp3) is 0.556. The smallest absolute Gasteiger partial charge is 0.0468 e. The van der Waals surface area contributed by atoms with E-state index in [1.807, 2.05) is 11.4 Å². The molecule has 0 aromatic carbocycles. The van der Waals surface area contributed by atoms with E-state index in [1.54, 1.807) is 11.3 Å². The molecule has 0 atom stereocenters.